The van der Waals surface area contributed by atoms with E-state index in [2.05, 4.69) is 5.32 Å². The first-order chi connectivity index (χ1) is 12.1. The zero-order chi connectivity index (χ0) is 23.4. The molecule has 28 heavy (non-hydrogen) atoms. The summed E-state index contributed by atoms with van der Waals surface area (Å²) in [5.41, 5.74) is 10.3. The van der Waals surface area contributed by atoms with Crippen LogP contribution < -0.4 is 32.1 Å². The molecule has 0 aliphatic heterocycles. The van der Waals surface area contributed by atoms with Crippen LogP contribution in [0, 0.1) is 39.9 Å². The molecule has 0 aromatic rings. The van der Waals surface area contributed by atoms with Gasteiger partial charge in [-0.15, -0.1) is 0 Å². The second-order valence-electron chi connectivity index (χ2n) is 3.84. The Bertz CT molecular complexity index is 289. The number of nitrogens with one attached hydrogen (secondary N) is 1. The first-order valence-corrected chi connectivity index (χ1v) is 7.10. The molecule has 0 amide bonds. The van der Waals surface area contributed by atoms with Crippen LogP contribution in [0.5, 0.6) is 0 Å². The molecule has 0 saturated carbocycles. The van der Waals surface area contributed by atoms with Crippen LogP contribution in [0.1, 0.15) is 34.6 Å². The fourth-order valence-corrected chi connectivity index (χ4v) is 0.329. The number of aliphatic carboxylic acids is 5. The van der Waals surface area contributed by atoms with Crippen molar-refractivity contribution < 1.29 is 89.4 Å². The van der Waals surface area contributed by atoms with E-state index in [4.69, 9.17) is 61.0 Å². The van der Waals surface area contributed by atoms with Crippen LogP contribution in [0.3, 0.4) is 0 Å². The number of nitrogens with two attached hydrogens (primary N) is 2. The van der Waals surface area contributed by atoms with E-state index in [9.17, 15) is 0 Å². The van der Waals surface area contributed by atoms with Crippen molar-refractivity contribution >= 4 is 29.8 Å². The number of hydrogen-bond acceptors (Lipinski definition) is 11. The molecular weight excluding hydrogens is 527 g/mol. The van der Waals surface area contributed by atoms with E-state index < -0.39 is 29.8 Å². The molecule has 0 aromatic carbocycles. The smallest absolute Gasteiger partial charge is 0.550 e. The third-order valence-electron chi connectivity index (χ3n) is 0.642. The SMILES string of the molecule is CC(=O)O.CC(=O)O.CC(=O)[O-].CC(=O)[O-].CC(=O)[O-].NCCNCCN.[Gd+3]. The molecule has 0 aliphatic rings. The Morgan fingerprint density at radius 2 is 0.786 bits per heavy atom. The molecule has 1 radical (unpaired) electrons. The van der Waals surface area contributed by atoms with Crippen LogP contribution >= 0.6 is 0 Å². The minimum absolute atomic E-state index is 0. The zero-order valence-electron chi connectivity index (χ0n) is 16.5. The standard InChI is InChI=1S/C4H13N3.5C2H4O2.Gd/c5-1-3-7-4-2-6;5*1-2(3)4;/h7H,1-6H2;5*1H3,(H,3,4);/q;;;;;;+3/p-3. The van der Waals surface area contributed by atoms with Crippen molar-refractivity contribution in [3.63, 3.8) is 0 Å². The van der Waals surface area contributed by atoms with E-state index in [0.717, 1.165) is 47.7 Å². The summed E-state index contributed by atoms with van der Waals surface area (Å²) in [6.07, 6.45) is 0. The number of carboxylic acids is 5. The number of rotatable bonds is 4. The summed E-state index contributed by atoms with van der Waals surface area (Å²) < 4.78 is 0. The van der Waals surface area contributed by atoms with Crippen LogP contribution in [0.4, 0.5) is 0 Å². The van der Waals surface area contributed by atoms with Gasteiger partial charge in [0, 0.05) is 57.9 Å². The summed E-state index contributed by atoms with van der Waals surface area (Å²) in [5.74, 6) is -4.92. The Labute approximate surface area is 196 Å². The van der Waals surface area contributed by atoms with Gasteiger partial charge in [-0.1, -0.05) is 0 Å². The van der Waals surface area contributed by atoms with E-state index in [1.807, 2.05) is 0 Å². The number of carbonyl (C=O) groups excluding carboxylic acids is 3. The maximum atomic E-state index is 9.00. The maximum Gasteiger partial charge on any atom is 3.00 e. The predicted octanol–water partition coefficient (Wildman–Crippen LogP) is -5.06. The molecule has 0 atom stereocenters. The molecule has 0 fully saturated rings. The molecule has 0 aliphatic carbocycles. The molecule has 0 heterocycles. The van der Waals surface area contributed by atoms with Crippen LogP contribution in [0.2, 0.25) is 0 Å². The van der Waals surface area contributed by atoms with Gasteiger partial charge in [0.2, 0.25) is 0 Å². The molecular formula is C14H30GdN3O10. The van der Waals surface area contributed by atoms with E-state index in [1.54, 1.807) is 0 Å². The molecule has 14 heteroatoms. The summed E-state index contributed by atoms with van der Waals surface area (Å²) >= 11 is 0. The van der Waals surface area contributed by atoms with Gasteiger partial charge in [-0.05, 0) is 20.8 Å². The van der Waals surface area contributed by atoms with Crippen molar-refractivity contribution in [3.8, 4) is 0 Å². The Hall–Kier alpha value is -1.45. The van der Waals surface area contributed by atoms with Gasteiger partial charge in [-0.2, -0.15) is 0 Å². The molecule has 0 bridgehead atoms. The van der Waals surface area contributed by atoms with Crippen molar-refractivity contribution in [2.75, 3.05) is 26.2 Å². The fourth-order valence-electron chi connectivity index (χ4n) is 0.329. The third kappa shape index (κ3) is 2090. The van der Waals surface area contributed by atoms with Gasteiger partial charge in [0.1, 0.15) is 0 Å². The molecule has 169 valence electrons. The van der Waals surface area contributed by atoms with E-state index >= 15 is 0 Å². The molecule has 0 aromatic heterocycles. The van der Waals surface area contributed by atoms with Crippen LogP contribution in [-0.4, -0.2) is 66.2 Å². The first kappa shape index (κ1) is 45.4. The minimum Gasteiger partial charge on any atom is -0.550 e. The van der Waals surface area contributed by atoms with Crippen LogP contribution in [0.25, 0.3) is 0 Å². The second kappa shape index (κ2) is 44.8. The summed E-state index contributed by atoms with van der Waals surface area (Å²) in [6.45, 7) is 8.22. The average Bonchev–Trinajstić information content (AvgIpc) is 2.35. The normalized spacial score (nSPS) is 6.82. The Kier molecular flexibility index (Phi) is 72.5. The van der Waals surface area contributed by atoms with Crippen LogP contribution in [0.15, 0.2) is 0 Å². The van der Waals surface area contributed by atoms with E-state index in [1.165, 1.54) is 0 Å². The third-order valence-corrected chi connectivity index (χ3v) is 0.642. The Morgan fingerprint density at radius 3 is 0.857 bits per heavy atom. The van der Waals surface area contributed by atoms with Crippen molar-refractivity contribution in [2.45, 2.75) is 34.6 Å². The van der Waals surface area contributed by atoms with Gasteiger partial charge < -0.3 is 56.7 Å². The number of carboxylic acid groups (broad SMARTS) is 5. The fraction of sp³-hybridized carbons (Fsp3) is 0.643. The van der Waals surface area contributed by atoms with Gasteiger partial charge in [0.15, 0.2) is 0 Å². The summed E-state index contributed by atoms with van der Waals surface area (Å²) in [6, 6.07) is 0. The van der Waals surface area contributed by atoms with Crippen molar-refractivity contribution in [3.05, 3.63) is 0 Å². The van der Waals surface area contributed by atoms with Gasteiger partial charge in [-0.3, -0.25) is 9.59 Å². The Balaban J connectivity index is -0.0000000382. The van der Waals surface area contributed by atoms with Gasteiger partial charge in [0.05, 0.1) is 0 Å². The minimum atomic E-state index is -1.08. The monoisotopic (exact) mass is 558 g/mol. The van der Waals surface area contributed by atoms with Gasteiger partial charge >= 0.3 is 39.9 Å². The predicted molar refractivity (Wildman–Crippen MR) is 89.6 cm³/mol. The van der Waals surface area contributed by atoms with E-state index in [-0.39, 0.29) is 39.9 Å². The second-order valence-corrected chi connectivity index (χ2v) is 3.84. The molecule has 0 rings (SSSR count). The topological polar surface area (TPSA) is 259 Å². The van der Waals surface area contributed by atoms with Gasteiger partial charge in [0.25, 0.3) is 11.9 Å². The summed E-state index contributed by atoms with van der Waals surface area (Å²) in [7, 11) is 0. The van der Waals surface area contributed by atoms with Gasteiger partial charge in [-0.25, -0.2) is 0 Å². The molecule has 0 saturated heterocycles. The molecule has 0 spiro atoms. The largest absolute Gasteiger partial charge is 3.00 e. The molecule has 7 N–H and O–H groups in total. The quantitative estimate of drug-likeness (QED) is 0.203. The van der Waals surface area contributed by atoms with Crippen molar-refractivity contribution in [1.82, 2.24) is 5.32 Å². The average molecular weight is 558 g/mol. The van der Waals surface area contributed by atoms with Crippen molar-refractivity contribution in [1.29, 1.82) is 0 Å². The molecule has 13 nitrogen and oxygen atoms in total. The Morgan fingerprint density at radius 1 is 0.679 bits per heavy atom. The number of hydrogen-bond donors (Lipinski definition) is 5. The first-order valence-electron chi connectivity index (χ1n) is 7.10. The van der Waals surface area contributed by atoms with Crippen LogP contribution in [-0.2, 0) is 24.0 Å². The summed E-state index contributed by atoms with van der Waals surface area (Å²) in [5, 5.41) is 44.5. The summed E-state index contributed by atoms with van der Waals surface area (Å²) in [4.78, 5) is 44.7. The zero-order valence-corrected chi connectivity index (χ0v) is 18.8. The van der Waals surface area contributed by atoms with E-state index in [0.29, 0.717) is 13.1 Å². The maximum absolute atomic E-state index is 9.00. The number of carbonyl (C=O) groups is 5. The molecule has 0 unspecified atom stereocenters. The van der Waals surface area contributed by atoms with Crippen molar-refractivity contribution in [2.24, 2.45) is 11.5 Å².